The molecule has 0 bridgehead atoms. The Kier molecular flexibility index (Phi) is 3.67. The van der Waals surface area contributed by atoms with E-state index in [0.717, 1.165) is 5.39 Å². The van der Waals surface area contributed by atoms with Crippen LogP contribution < -0.4 is 5.32 Å². The fourth-order valence-electron chi connectivity index (χ4n) is 2.02. The summed E-state index contributed by atoms with van der Waals surface area (Å²) in [5.74, 6) is -1.08. The lowest BCUT2D eigenvalue weighted by molar-refractivity contribution is 0.0843. The quantitative estimate of drug-likeness (QED) is 0.492. The molecule has 21 heavy (non-hydrogen) atoms. The van der Waals surface area contributed by atoms with Crippen LogP contribution in [0.25, 0.3) is 10.8 Å². The van der Waals surface area contributed by atoms with Crippen LogP contribution in [0.5, 0.6) is 5.75 Å². The van der Waals surface area contributed by atoms with Crippen LogP contribution in [0.2, 0.25) is 0 Å². The van der Waals surface area contributed by atoms with Gasteiger partial charge in [-0.15, -0.1) is 0 Å². The van der Waals surface area contributed by atoms with Gasteiger partial charge in [0.05, 0.1) is 11.8 Å². The minimum absolute atomic E-state index is 0.107. The number of carbonyl (C=O) groups is 2. The highest BCUT2D eigenvalue weighted by molar-refractivity contribution is 7.85. The van der Waals surface area contributed by atoms with E-state index in [2.05, 4.69) is 5.32 Å². The van der Waals surface area contributed by atoms with Crippen LogP contribution in [-0.4, -0.2) is 36.1 Å². The molecule has 0 aromatic heterocycles. The SMILES string of the molecule is CS(=O)(=O)O.O=C1NC(=O)c2c(O)ccc3cccc1c23. The van der Waals surface area contributed by atoms with E-state index in [1.54, 1.807) is 24.3 Å². The summed E-state index contributed by atoms with van der Waals surface area (Å²) >= 11 is 0. The summed E-state index contributed by atoms with van der Waals surface area (Å²) in [6.45, 7) is 0. The molecule has 0 aliphatic carbocycles. The Balaban J connectivity index is 0.000000282. The van der Waals surface area contributed by atoms with E-state index in [0.29, 0.717) is 17.2 Å². The first-order valence-corrected chi connectivity index (χ1v) is 7.56. The van der Waals surface area contributed by atoms with E-state index in [-0.39, 0.29) is 11.3 Å². The number of benzene rings is 2. The Hall–Kier alpha value is -2.45. The first-order chi connectivity index (χ1) is 9.68. The molecular weight excluding hydrogens is 298 g/mol. The third-order valence-electron chi connectivity index (χ3n) is 2.72. The first kappa shape index (κ1) is 14.9. The highest BCUT2D eigenvalue weighted by atomic mass is 32.2. The van der Waals surface area contributed by atoms with Crippen molar-refractivity contribution in [2.75, 3.05) is 6.26 Å². The van der Waals surface area contributed by atoms with Crippen LogP contribution in [0.15, 0.2) is 30.3 Å². The van der Waals surface area contributed by atoms with Crippen LogP contribution in [0.1, 0.15) is 20.7 Å². The molecule has 2 aromatic rings. The Morgan fingerprint density at radius 2 is 1.67 bits per heavy atom. The van der Waals surface area contributed by atoms with E-state index in [4.69, 9.17) is 4.55 Å². The molecular formula is C13H11NO6S. The Bertz CT molecular complexity index is 848. The number of hydrogen-bond donors (Lipinski definition) is 3. The van der Waals surface area contributed by atoms with Gasteiger partial charge >= 0.3 is 0 Å². The van der Waals surface area contributed by atoms with Crippen molar-refractivity contribution in [1.82, 2.24) is 5.32 Å². The normalized spacial score (nSPS) is 13.4. The smallest absolute Gasteiger partial charge is 0.262 e. The maximum Gasteiger partial charge on any atom is 0.262 e. The minimum Gasteiger partial charge on any atom is -0.507 e. The van der Waals surface area contributed by atoms with Crippen LogP contribution in [0, 0.1) is 0 Å². The summed E-state index contributed by atoms with van der Waals surface area (Å²) in [5.41, 5.74) is 0.593. The van der Waals surface area contributed by atoms with Crippen molar-refractivity contribution in [3.8, 4) is 5.75 Å². The summed E-state index contributed by atoms with van der Waals surface area (Å²) in [5, 5.41) is 13.1. The molecule has 2 amide bonds. The molecule has 2 aromatic carbocycles. The highest BCUT2D eigenvalue weighted by Gasteiger charge is 2.26. The maximum absolute atomic E-state index is 11.6. The summed E-state index contributed by atoms with van der Waals surface area (Å²) in [4.78, 5) is 23.2. The van der Waals surface area contributed by atoms with E-state index >= 15 is 0 Å². The molecule has 0 radical (unpaired) electrons. The van der Waals surface area contributed by atoms with Crippen molar-refractivity contribution in [2.45, 2.75) is 0 Å². The predicted octanol–water partition coefficient (Wildman–Crippen LogP) is 0.933. The molecule has 1 aliphatic heterocycles. The van der Waals surface area contributed by atoms with E-state index in [1.807, 2.05) is 0 Å². The molecule has 8 heteroatoms. The molecule has 3 rings (SSSR count). The van der Waals surface area contributed by atoms with Gasteiger partial charge in [0, 0.05) is 10.9 Å². The predicted molar refractivity (Wildman–Crippen MR) is 74.9 cm³/mol. The van der Waals surface area contributed by atoms with Crippen LogP contribution in [-0.2, 0) is 10.1 Å². The van der Waals surface area contributed by atoms with Gasteiger partial charge < -0.3 is 5.11 Å². The number of amides is 2. The van der Waals surface area contributed by atoms with Crippen molar-refractivity contribution in [2.24, 2.45) is 0 Å². The second kappa shape index (κ2) is 5.15. The third-order valence-corrected chi connectivity index (χ3v) is 2.72. The van der Waals surface area contributed by atoms with E-state index in [9.17, 15) is 23.1 Å². The van der Waals surface area contributed by atoms with Gasteiger partial charge in [-0.1, -0.05) is 18.2 Å². The summed E-state index contributed by atoms with van der Waals surface area (Å²) in [6.07, 6.45) is 0.715. The molecule has 0 spiro atoms. The topological polar surface area (TPSA) is 121 Å². The highest BCUT2D eigenvalue weighted by Crippen LogP contribution is 2.32. The molecule has 0 atom stereocenters. The molecule has 0 saturated heterocycles. The van der Waals surface area contributed by atoms with Gasteiger partial charge in [-0.2, -0.15) is 8.42 Å². The molecule has 7 nitrogen and oxygen atoms in total. The molecule has 0 saturated carbocycles. The third kappa shape index (κ3) is 3.18. The number of imide groups is 1. The van der Waals surface area contributed by atoms with Gasteiger partial charge in [0.1, 0.15) is 5.75 Å². The van der Waals surface area contributed by atoms with Crippen molar-refractivity contribution in [3.63, 3.8) is 0 Å². The molecule has 0 fully saturated rings. The monoisotopic (exact) mass is 309 g/mol. The summed E-state index contributed by atoms with van der Waals surface area (Å²) < 4.78 is 25.9. The van der Waals surface area contributed by atoms with Crippen LogP contribution >= 0.6 is 0 Å². The number of nitrogens with one attached hydrogen (secondary N) is 1. The molecule has 0 unspecified atom stereocenters. The number of hydrogen-bond acceptors (Lipinski definition) is 5. The van der Waals surface area contributed by atoms with Crippen molar-refractivity contribution >= 4 is 32.7 Å². The minimum atomic E-state index is -3.67. The lowest BCUT2D eigenvalue weighted by atomic mass is 9.94. The standard InChI is InChI=1S/C12H7NO3.CH4O3S/c14-8-5-4-6-2-1-3-7-9(6)10(8)12(16)13-11(7)15;1-5(2,3)4/h1-5,14H,(H,13,15,16);1H3,(H,2,3,4). The number of phenols is 1. The Morgan fingerprint density at radius 1 is 1.05 bits per heavy atom. The largest absolute Gasteiger partial charge is 0.507 e. The number of rotatable bonds is 0. The van der Waals surface area contributed by atoms with Gasteiger partial charge in [0.25, 0.3) is 21.9 Å². The van der Waals surface area contributed by atoms with E-state index < -0.39 is 21.9 Å². The lowest BCUT2D eigenvalue weighted by Crippen LogP contribution is -2.34. The average Bonchev–Trinajstić information content (AvgIpc) is 2.34. The molecule has 110 valence electrons. The van der Waals surface area contributed by atoms with Gasteiger partial charge in [-0.05, 0) is 17.5 Å². The molecule has 1 heterocycles. The van der Waals surface area contributed by atoms with Gasteiger partial charge in [-0.3, -0.25) is 19.5 Å². The van der Waals surface area contributed by atoms with Gasteiger partial charge in [0.15, 0.2) is 0 Å². The maximum atomic E-state index is 11.6. The zero-order valence-corrected chi connectivity index (χ0v) is 11.6. The zero-order valence-electron chi connectivity index (χ0n) is 10.8. The van der Waals surface area contributed by atoms with Crippen molar-refractivity contribution in [3.05, 3.63) is 41.5 Å². The van der Waals surface area contributed by atoms with Gasteiger partial charge in [0.2, 0.25) is 0 Å². The Morgan fingerprint density at radius 3 is 2.29 bits per heavy atom. The lowest BCUT2D eigenvalue weighted by Gasteiger charge is -2.17. The number of phenolic OH excluding ortho intramolecular Hbond substituents is 1. The second-order valence-corrected chi connectivity index (χ2v) is 5.85. The Labute approximate surface area is 120 Å². The zero-order chi connectivity index (χ0) is 15.8. The first-order valence-electron chi connectivity index (χ1n) is 5.71. The fraction of sp³-hybridized carbons (Fsp3) is 0.0769. The summed E-state index contributed by atoms with van der Waals surface area (Å²) in [6, 6.07) is 8.31. The number of aromatic hydroxyl groups is 1. The van der Waals surface area contributed by atoms with Gasteiger partial charge in [-0.25, -0.2) is 0 Å². The molecule has 3 N–H and O–H groups in total. The number of carbonyl (C=O) groups excluding carboxylic acids is 2. The van der Waals surface area contributed by atoms with E-state index in [1.165, 1.54) is 6.07 Å². The van der Waals surface area contributed by atoms with Crippen LogP contribution in [0.3, 0.4) is 0 Å². The average molecular weight is 309 g/mol. The van der Waals surface area contributed by atoms with Crippen molar-refractivity contribution < 1.29 is 27.7 Å². The fourth-order valence-corrected chi connectivity index (χ4v) is 2.02. The molecule has 1 aliphatic rings. The van der Waals surface area contributed by atoms with Crippen LogP contribution in [0.4, 0.5) is 0 Å². The summed E-state index contributed by atoms with van der Waals surface area (Å²) in [7, 11) is -3.67. The van der Waals surface area contributed by atoms with Crippen molar-refractivity contribution in [1.29, 1.82) is 0 Å². The second-order valence-electron chi connectivity index (χ2n) is 4.38.